The van der Waals surface area contributed by atoms with E-state index in [4.69, 9.17) is 71.0 Å². The molecule has 432 valence electrons. The van der Waals surface area contributed by atoms with Crippen LogP contribution in [0.2, 0.25) is 0 Å². The maximum absolute atomic E-state index is 13.6. The summed E-state index contributed by atoms with van der Waals surface area (Å²) in [7, 11) is 6.39. The summed E-state index contributed by atoms with van der Waals surface area (Å²) in [5.41, 5.74) is -3.56. The van der Waals surface area contributed by atoms with Crippen LogP contribution in [-0.2, 0) is 51.0 Å². The molecule has 2 N–H and O–H groups in total. The Morgan fingerprint density at radius 2 is 0.867 bits per heavy atom. The van der Waals surface area contributed by atoms with E-state index in [2.05, 4.69) is 9.97 Å². The van der Waals surface area contributed by atoms with Gasteiger partial charge in [-0.2, -0.15) is 0 Å². The molecule has 0 aliphatic carbocycles. The predicted octanol–water partition coefficient (Wildman–Crippen LogP) is 9.26. The molecule has 2 saturated heterocycles. The van der Waals surface area contributed by atoms with E-state index in [1.165, 1.54) is 21.5 Å². The van der Waals surface area contributed by atoms with Crippen molar-refractivity contribution in [3.63, 3.8) is 0 Å². The Kier molecular flexibility index (Phi) is 17.9. The number of nitrogens with one attached hydrogen (secondary N) is 2. The Balaban J connectivity index is 1.01. The highest BCUT2D eigenvalue weighted by Gasteiger charge is 2.49. The summed E-state index contributed by atoms with van der Waals surface area (Å²) < 4.78 is 67.0. The maximum Gasteiger partial charge on any atom is 0.330 e. The molecule has 8 aromatic rings. The van der Waals surface area contributed by atoms with E-state index < -0.39 is 76.3 Å². The van der Waals surface area contributed by atoms with Crippen LogP contribution >= 0.6 is 17.9 Å². The molecule has 10 rings (SSSR count). The molecule has 6 aromatic carbocycles. The third kappa shape index (κ3) is 12.3. The smallest absolute Gasteiger partial charge is 0.330 e. The molecular weight excluding hydrogens is 1120 g/mol. The van der Waals surface area contributed by atoms with Crippen molar-refractivity contribution >= 4 is 29.7 Å². The van der Waals surface area contributed by atoms with Crippen molar-refractivity contribution in [1.29, 1.82) is 0 Å². The van der Waals surface area contributed by atoms with E-state index in [1.54, 1.807) is 42.3 Å². The lowest BCUT2D eigenvalue weighted by Crippen LogP contribution is -2.41. The first-order valence-electron chi connectivity index (χ1n) is 26.7. The van der Waals surface area contributed by atoms with Crippen LogP contribution in [0.1, 0.15) is 69.8 Å². The lowest BCUT2D eigenvalue weighted by molar-refractivity contribution is -0.0990. The summed E-state index contributed by atoms with van der Waals surface area (Å²) >= 11 is 11.2. The fraction of sp³-hybridized carbons (Fsp3) is 0.290. The van der Waals surface area contributed by atoms with Gasteiger partial charge in [-0.05, 0) is 108 Å². The lowest BCUT2D eigenvalue weighted by atomic mass is 9.79. The molecule has 0 saturated carbocycles. The number of ether oxygens (including phenoxy) is 8. The topological polar surface area (TPSA) is 202 Å². The zero-order chi connectivity index (χ0) is 58.5. The van der Waals surface area contributed by atoms with Gasteiger partial charge >= 0.3 is 11.4 Å². The number of hydrogen-bond acceptors (Lipinski definition) is 15. The van der Waals surface area contributed by atoms with Crippen LogP contribution in [0.5, 0.6) is 23.0 Å². The molecule has 2 fully saturated rings. The molecule has 0 amide bonds. The zero-order valence-electron chi connectivity index (χ0n) is 46.4. The average molecular weight is 1180 g/mol. The highest BCUT2D eigenvalue weighted by atomic mass is 32.9. The zero-order valence-corrected chi connectivity index (χ0v) is 49.0. The van der Waals surface area contributed by atoms with E-state index in [0.29, 0.717) is 28.6 Å². The van der Waals surface area contributed by atoms with Crippen molar-refractivity contribution in [1.82, 2.24) is 19.1 Å². The van der Waals surface area contributed by atoms with E-state index in [0.717, 1.165) is 33.4 Å². The molecule has 83 heavy (non-hydrogen) atoms. The SMILES string of the molecule is COc1ccc(C(OC[C@H]2O[C@@H](n3cc(C)c(=O)[nH]c3=O)C[C@@H]2OP(=S)(S)OC[C@H]2O[C@@H](n3cc(C)c(=O)[nH]c3=O)C[C@@H]2OC(c2ccccc2)(c2ccc(OC)cc2)c2ccc(OC)cc2)(c2ccccc2)c2ccc(OC)cc2)cc1. The second kappa shape index (κ2) is 25.2. The number of nitrogens with zero attached hydrogens (tertiary/aromatic N) is 2. The Morgan fingerprint density at radius 1 is 0.518 bits per heavy atom. The number of aromatic nitrogens is 4. The molecule has 7 atom stereocenters. The molecule has 0 bridgehead atoms. The van der Waals surface area contributed by atoms with Crippen LogP contribution in [0.4, 0.5) is 0 Å². The van der Waals surface area contributed by atoms with Gasteiger partial charge in [0.05, 0.1) is 53.9 Å². The van der Waals surface area contributed by atoms with E-state index in [9.17, 15) is 19.2 Å². The van der Waals surface area contributed by atoms with Crippen molar-refractivity contribution < 1.29 is 46.9 Å². The molecular formula is C62H63N4O14PS2. The first-order valence-corrected chi connectivity index (χ1v) is 30.5. The summed E-state index contributed by atoms with van der Waals surface area (Å²) in [6.07, 6.45) is -2.54. The van der Waals surface area contributed by atoms with E-state index in [1.807, 2.05) is 158 Å². The summed E-state index contributed by atoms with van der Waals surface area (Å²) in [6, 6.07) is 49.8. The van der Waals surface area contributed by atoms with Crippen molar-refractivity contribution in [2.75, 3.05) is 41.7 Å². The normalized spacial score (nSPS) is 19.7. The summed E-state index contributed by atoms with van der Waals surface area (Å²) in [6.45, 7) is 2.81. The largest absolute Gasteiger partial charge is 0.497 e. The first-order chi connectivity index (χ1) is 40.1. The van der Waals surface area contributed by atoms with Crippen LogP contribution in [0, 0.1) is 13.8 Å². The van der Waals surface area contributed by atoms with Gasteiger partial charge in [0.25, 0.3) is 11.1 Å². The van der Waals surface area contributed by atoms with Gasteiger partial charge in [-0.3, -0.25) is 28.7 Å². The highest BCUT2D eigenvalue weighted by molar-refractivity contribution is 8.60. The van der Waals surface area contributed by atoms with Gasteiger partial charge in [-0.15, -0.1) is 0 Å². The highest BCUT2D eigenvalue weighted by Crippen LogP contribution is 2.57. The molecule has 1 unspecified atom stereocenters. The van der Waals surface area contributed by atoms with Gasteiger partial charge in [0.2, 0.25) is 5.69 Å². The second-order valence-corrected chi connectivity index (χ2v) is 25.3. The first kappa shape index (κ1) is 58.8. The quantitative estimate of drug-likeness (QED) is 0.0329. The molecule has 2 aliphatic heterocycles. The summed E-state index contributed by atoms with van der Waals surface area (Å²) in [5, 5.41) is 0. The molecule has 21 heteroatoms. The summed E-state index contributed by atoms with van der Waals surface area (Å²) in [5.74, 6) is 2.55. The average Bonchev–Trinajstić information content (AvgIpc) is 3.66. The van der Waals surface area contributed by atoms with Crippen molar-refractivity contribution in [3.8, 4) is 23.0 Å². The van der Waals surface area contributed by atoms with Crippen molar-refractivity contribution in [2.45, 2.75) is 74.8 Å². The van der Waals surface area contributed by atoms with Crippen molar-refractivity contribution in [2.24, 2.45) is 0 Å². The van der Waals surface area contributed by atoms with Crippen molar-refractivity contribution in [3.05, 3.63) is 256 Å². The number of thiol groups is 1. The fourth-order valence-electron chi connectivity index (χ4n) is 10.8. The number of aryl methyl sites for hydroxylation is 2. The maximum atomic E-state index is 13.6. The number of methoxy groups -OCH3 is 4. The van der Waals surface area contributed by atoms with Crippen LogP contribution in [-0.4, -0.2) is 85.2 Å². The monoisotopic (exact) mass is 1180 g/mol. The molecule has 0 spiro atoms. The van der Waals surface area contributed by atoms with Gasteiger partial charge in [0.15, 0.2) is 0 Å². The molecule has 18 nitrogen and oxygen atoms in total. The van der Waals surface area contributed by atoms with Crippen LogP contribution in [0.15, 0.2) is 189 Å². The molecule has 4 heterocycles. The minimum absolute atomic E-state index is 0.0523. The summed E-state index contributed by atoms with van der Waals surface area (Å²) in [4.78, 5) is 57.3. The van der Waals surface area contributed by atoms with Gasteiger partial charge in [0, 0.05) is 36.4 Å². The lowest BCUT2D eigenvalue weighted by Gasteiger charge is -2.39. The van der Waals surface area contributed by atoms with E-state index >= 15 is 0 Å². The van der Waals surface area contributed by atoms with Crippen LogP contribution in [0.25, 0.3) is 0 Å². The molecule has 2 aliphatic rings. The Morgan fingerprint density at radius 3 is 1.27 bits per heavy atom. The standard InChI is InChI=1S/C62H63N4O14PS2/c1-39-35-65(59(69)63-57(39)67)55-33-51(79-62(42-15-11-8-12-16-42,45-21-29-49(73-5)30-22-45)46-23-31-50(74-6)32-24-46)54(78-55)38-76-81(82,83)80-52-34-56(66-36-40(2)58(68)64-60(66)70)77-53(52)37-75-61(41-13-9-7-10-14-41,43-17-25-47(71-3)26-18-43)44-19-27-48(72-4)28-20-44/h7-32,35-36,51-56H,33-34,37-38H2,1-6H3,(H,82,83)(H,63,67,69)(H,64,68,70)/t51-,52-,53+,54+,55+,56+/m0/s1. The Labute approximate surface area is 489 Å². The number of aromatic amines is 2. The third-order valence-electron chi connectivity index (χ3n) is 15.1. The second-order valence-electron chi connectivity index (χ2n) is 20.1. The number of H-pyrrole nitrogens is 2. The van der Waals surface area contributed by atoms with Crippen LogP contribution < -0.4 is 41.4 Å². The Hall–Kier alpha value is -7.36. The molecule has 0 radical (unpaired) electrons. The van der Waals surface area contributed by atoms with E-state index in [-0.39, 0.29) is 31.6 Å². The van der Waals surface area contributed by atoms with Gasteiger partial charge in [0.1, 0.15) is 58.9 Å². The minimum atomic E-state index is -3.68. The third-order valence-corrected chi connectivity index (χ3v) is 17.3. The number of rotatable bonds is 22. The predicted molar refractivity (Wildman–Crippen MR) is 319 cm³/mol. The Bertz CT molecular complexity index is 3710. The molecule has 2 aromatic heterocycles. The van der Waals surface area contributed by atoms with Gasteiger partial charge in [-0.25, -0.2) is 9.59 Å². The number of benzene rings is 6. The van der Waals surface area contributed by atoms with Gasteiger partial charge < -0.3 is 46.9 Å². The minimum Gasteiger partial charge on any atom is -0.497 e. The number of hydrogen-bond donors (Lipinski definition) is 3. The fourth-order valence-corrected chi connectivity index (χ4v) is 12.8. The van der Waals surface area contributed by atoms with Crippen LogP contribution in [0.3, 0.4) is 0 Å². The van der Waals surface area contributed by atoms with Gasteiger partial charge in [-0.1, -0.05) is 121 Å².